The van der Waals surface area contributed by atoms with E-state index < -0.39 is 0 Å². The Morgan fingerprint density at radius 2 is 2.16 bits per heavy atom. The van der Waals surface area contributed by atoms with Crippen LogP contribution in [0.2, 0.25) is 0 Å². The molecule has 2 fully saturated rings. The average Bonchev–Trinajstić information content (AvgIpc) is 3.19. The fraction of sp³-hybridized carbons (Fsp3) is 0.714. The van der Waals surface area contributed by atoms with Crippen LogP contribution < -0.4 is 5.32 Å². The maximum Gasteiger partial charge on any atom is 0.225 e. The van der Waals surface area contributed by atoms with Crippen molar-refractivity contribution in [3.05, 3.63) is 16.1 Å². The van der Waals surface area contributed by atoms with Gasteiger partial charge in [0.25, 0.3) is 0 Å². The summed E-state index contributed by atoms with van der Waals surface area (Å²) >= 11 is 1.70. The fourth-order valence-corrected chi connectivity index (χ4v) is 3.24. The van der Waals surface area contributed by atoms with Crippen LogP contribution in [0.3, 0.4) is 0 Å². The van der Waals surface area contributed by atoms with E-state index in [1.807, 2.05) is 6.92 Å². The van der Waals surface area contributed by atoms with E-state index in [1.54, 1.807) is 11.3 Å². The molecule has 4 nitrogen and oxygen atoms in total. The molecule has 5 heteroatoms. The molecule has 1 saturated carbocycles. The first-order valence-electron chi connectivity index (χ1n) is 7.15. The number of carbonyl (C=O) groups excluding carboxylic acids is 1. The molecule has 0 radical (unpaired) electrons. The van der Waals surface area contributed by atoms with Crippen molar-refractivity contribution >= 4 is 17.2 Å². The number of amides is 1. The highest BCUT2D eigenvalue weighted by Gasteiger charge is 2.34. The first-order chi connectivity index (χ1) is 9.22. The van der Waals surface area contributed by atoms with Gasteiger partial charge in [-0.15, -0.1) is 11.3 Å². The van der Waals surface area contributed by atoms with E-state index in [-0.39, 0.29) is 0 Å². The zero-order valence-electron chi connectivity index (χ0n) is 11.4. The first-order valence-corrected chi connectivity index (χ1v) is 8.03. The molecule has 3 rings (SSSR count). The van der Waals surface area contributed by atoms with E-state index in [4.69, 9.17) is 0 Å². The minimum atomic E-state index is 0.363. The lowest BCUT2D eigenvalue weighted by molar-refractivity contribution is -0.133. The highest BCUT2D eigenvalue weighted by atomic mass is 32.1. The summed E-state index contributed by atoms with van der Waals surface area (Å²) in [6.45, 7) is 4.73. The number of rotatable bonds is 4. The van der Waals surface area contributed by atoms with Gasteiger partial charge in [0.15, 0.2) is 0 Å². The molecule has 1 aromatic rings. The van der Waals surface area contributed by atoms with E-state index in [9.17, 15) is 4.79 Å². The normalized spacial score (nSPS) is 20.8. The Labute approximate surface area is 118 Å². The SMILES string of the molecule is Cc1nc(CNC2CCN(C(=O)C3CC3)CC2)cs1. The van der Waals surface area contributed by atoms with Crippen molar-refractivity contribution in [2.45, 2.75) is 45.2 Å². The molecule has 2 aliphatic rings. The third kappa shape index (κ3) is 3.34. The number of aromatic nitrogens is 1. The van der Waals surface area contributed by atoms with Gasteiger partial charge in [-0.05, 0) is 32.6 Å². The zero-order chi connectivity index (χ0) is 13.2. The minimum Gasteiger partial charge on any atom is -0.342 e. The summed E-state index contributed by atoms with van der Waals surface area (Å²) in [5.41, 5.74) is 1.14. The lowest BCUT2D eigenvalue weighted by Crippen LogP contribution is -2.45. The average molecular weight is 279 g/mol. The van der Waals surface area contributed by atoms with Gasteiger partial charge in [-0.25, -0.2) is 4.98 Å². The van der Waals surface area contributed by atoms with Gasteiger partial charge in [0.1, 0.15) is 0 Å². The largest absolute Gasteiger partial charge is 0.342 e. The summed E-state index contributed by atoms with van der Waals surface area (Å²) < 4.78 is 0. The Hall–Kier alpha value is -0.940. The van der Waals surface area contributed by atoms with Crippen LogP contribution in [0.1, 0.15) is 36.4 Å². The van der Waals surface area contributed by atoms with Crippen LogP contribution in [-0.2, 0) is 11.3 Å². The van der Waals surface area contributed by atoms with Crippen molar-refractivity contribution in [3.63, 3.8) is 0 Å². The standard InChI is InChI=1S/C14H21N3OS/c1-10-16-13(9-19-10)8-15-12-4-6-17(7-5-12)14(18)11-2-3-11/h9,11-12,15H,2-8H2,1H3. The third-order valence-corrected chi connectivity index (χ3v) is 4.79. The molecule has 2 heterocycles. The predicted molar refractivity (Wildman–Crippen MR) is 76.0 cm³/mol. The second-order valence-electron chi connectivity index (χ2n) is 5.61. The summed E-state index contributed by atoms with van der Waals surface area (Å²) in [5.74, 6) is 0.760. The number of aryl methyl sites for hydroxylation is 1. The molecule has 0 spiro atoms. The van der Waals surface area contributed by atoms with Crippen LogP contribution in [0, 0.1) is 12.8 Å². The number of hydrogen-bond donors (Lipinski definition) is 1. The number of piperidine rings is 1. The second kappa shape index (κ2) is 5.59. The second-order valence-corrected chi connectivity index (χ2v) is 6.67. The van der Waals surface area contributed by atoms with Gasteiger partial charge in [-0.2, -0.15) is 0 Å². The molecule has 19 heavy (non-hydrogen) atoms. The molecule has 1 aliphatic heterocycles. The summed E-state index contributed by atoms with van der Waals surface area (Å²) in [4.78, 5) is 18.5. The van der Waals surface area contributed by atoms with Crippen LogP contribution in [0.5, 0.6) is 0 Å². The van der Waals surface area contributed by atoms with E-state index in [0.717, 1.165) is 56.0 Å². The molecule has 1 aromatic heterocycles. The number of nitrogens with zero attached hydrogens (tertiary/aromatic N) is 2. The number of carbonyl (C=O) groups is 1. The monoisotopic (exact) mass is 279 g/mol. The van der Waals surface area contributed by atoms with Crippen LogP contribution in [-0.4, -0.2) is 34.9 Å². The van der Waals surface area contributed by atoms with E-state index >= 15 is 0 Å². The van der Waals surface area contributed by atoms with Crippen LogP contribution in [0.4, 0.5) is 0 Å². The third-order valence-electron chi connectivity index (χ3n) is 3.97. The van der Waals surface area contributed by atoms with Gasteiger partial charge in [-0.1, -0.05) is 0 Å². The molecule has 1 amide bonds. The molecule has 0 unspecified atom stereocenters. The molecule has 1 N–H and O–H groups in total. The fourth-order valence-electron chi connectivity index (χ4n) is 2.63. The van der Waals surface area contributed by atoms with E-state index in [0.29, 0.717) is 17.9 Å². The van der Waals surface area contributed by atoms with Crippen molar-refractivity contribution in [2.75, 3.05) is 13.1 Å². The summed E-state index contributed by atoms with van der Waals surface area (Å²) in [6.07, 6.45) is 4.36. The number of thiazole rings is 1. The molecule has 0 atom stereocenters. The smallest absolute Gasteiger partial charge is 0.225 e. The van der Waals surface area contributed by atoms with Gasteiger partial charge in [-0.3, -0.25) is 4.79 Å². The van der Waals surface area contributed by atoms with Crippen LogP contribution in [0.25, 0.3) is 0 Å². The van der Waals surface area contributed by atoms with Crippen LogP contribution >= 0.6 is 11.3 Å². The molecule has 0 aromatic carbocycles. The Bertz CT molecular complexity index is 447. The molecule has 104 valence electrons. The van der Waals surface area contributed by atoms with E-state index in [2.05, 4.69) is 20.6 Å². The molecular weight excluding hydrogens is 258 g/mol. The van der Waals surface area contributed by atoms with Gasteiger partial charge in [0.2, 0.25) is 5.91 Å². The first kappa shape index (κ1) is 13.1. The zero-order valence-corrected chi connectivity index (χ0v) is 12.2. The highest BCUT2D eigenvalue weighted by molar-refractivity contribution is 7.09. The quantitative estimate of drug-likeness (QED) is 0.916. The Morgan fingerprint density at radius 3 is 2.74 bits per heavy atom. The Kier molecular flexibility index (Phi) is 3.84. The van der Waals surface area contributed by atoms with Crippen molar-refractivity contribution in [1.82, 2.24) is 15.2 Å². The predicted octanol–water partition coefficient (Wildman–Crippen LogP) is 1.94. The molecular formula is C14H21N3OS. The molecule has 1 saturated heterocycles. The number of nitrogens with one attached hydrogen (secondary N) is 1. The lowest BCUT2D eigenvalue weighted by atomic mass is 10.0. The summed E-state index contributed by atoms with van der Waals surface area (Å²) in [6, 6.07) is 0.533. The maximum atomic E-state index is 11.9. The van der Waals surface area contributed by atoms with Gasteiger partial charge >= 0.3 is 0 Å². The van der Waals surface area contributed by atoms with Crippen LogP contribution in [0.15, 0.2) is 5.38 Å². The Balaban J connectivity index is 1.41. The van der Waals surface area contributed by atoms with Crippen molar-refractivity contribution in [1.29, 1.82) is 0 Å². The minimum absolute atomic E-state index is 0.363. The molecule has 0 bridgehead atoms. The highest BCUT2D eigenvalue weighted by Crippen LogP contribution is 2.31. The summed E-state index contributed by atoms with van der Waals surface area (Å²) in [5, 5.41) is 6.81. The van der Waals surface area contributed by atoms with Crippen molar-refractivity contribution in [2.24, 2.45) is 5.92 Å². The maximum absolute atomic E-state index is 11.9. The number of hydrogen-bond acceptors (Lipinski definition) is 4. The summed E-state index contributed by atoms with van der Waals surface area (Å²) in [7, 11) is 0. The van der Waals surface area contributed by atoms with Gasteiger partial charge < -0.3 is 10.2 Å². The topological polar surface area (TPSA) is 45.2 Å². The number of likely N-dealkylation sites (tertiary alicyclic amines) is 1. The van der Waals surface area contributed by atoms with E-state index in [1.165, 1.54) is 0 Å². The van der Waals surface area contributed by atoms with Gasteiger partial charge in [0.05, 0.1) is 10.7 Å². The lowest BCUT2D eigenvalue weighted by Gasteiger charge is -2.32. The Morgan fingerprint density at radius 1 is 1.42 bits per heavy atom. The van der Waals surface area contributed by atoms with Crippen molar-refractivity contribution < 1.29 is 4.79 Å². The van der Waals surface area contributed by atoms with Gasteiger partial charge in [0, 0.05) is 37.0 Å². The molecule has 1 aliphatic carbocycles. The van der Waals surface area contributed by atoms with Crippen molar-refractivity contribution in [3.8, 4) is 0 Å².